The number of nitrogens with zero attached hydrogens (tertiary/aromatic N) is 2. The summed E-state index contributed by atoms with van der Waals surface area (Å²) >= 11 is 1.59. The summed E-state index contributed by atoms with van der Waals surface area (Å²) in [5, 5.41) is 5.97. The number of nitrogens with one attached hydrogen (secondary N) is 1. The second-order valence-corrected chi connectivity index (χ2v) is 6.12. The zero-order valence-corrected chi connectivity index (χ0v) is 12.4. The highest BCUT2D eigenvalue weighted by Gasteiger charge is 2.19. The Kier molecular flexibility index (Phi) is 4.90. The second-order valence-electron chi connectivity index (χ2n) is 5.23. The molecule has 0 aliphatic carbocycles. The molecule has 19 heavy (non-hydrogen) atoms. The molecule has 1 aliphatic heterocycles. The van der Waals surface area contributed by atoms with Crippen molar-refractivity contribution in [3.8, 4) is 0 Å². The molecule has 1 saturated heterocycles. The van der Waals surface area contributed by atoms with Gasteiger partial charge in [0.2, 0.25) is 5.91 Å². The van der Waals surface area contributed by atoms with Crippen molar-refractivity contribution >= 4 is 17.2 Å². The fraction of sp³-hybridized carbons (Fsp3) is 0.692. The van der Waals surface area contributed by atoms with Crippen molar-refractivity contribution in [1.29, 1.82) is 0 Å². The van der Waals surface area contributed by atoms with Crippen LogP contribution in [0.4, 0.5) is 0 Å². The Balaban J connectivity index is 1.78. The van der Waals surface area contributed by atoms with Crippen LogP contribution in [0.2, 0.25) is 0 Å². The summed E-state index contributed by atoms with van der Waals surface area (Å²) in [6.07, 6.45) is 1.96. The van der Waals surface area contributed by atoms with Crippen molar-refractivity contribution in [2.45, 2.75) is 38.8 Å². The highest BCUT2D eigenvalue weighted by molar-refractivity contribution is 7.09. The molecule has 1 aliphatic rings. The maximum atomic E-state index is 12.0. The lowest BCUT2D eigenvalue weighted by Gasteiger charge is -2.29. The SMILES string of the molecule is Cc1csc(C(C)NC(=O)CN2CCC(N)CC2)n1. The highest BCUT2D eigenvalue weighted by atomic mass is 32.1. The lowest BCUT2D eigenvalue weighted by atomic mass is 10.1. The molecular formula is C13H22N4OS. The van der Waals surface area contributed by atoms with E-state index in [-0.39, 0.29) is 11.9 Å². The van der Waals surface area contributed by atoms with Gasteiger partial charge in [0, 0.05) is 30.2 Å². The molecule has 0 aromatic carbocycles. The van der Waals surface area contributed by atoms with E-state index >= 15 is 0 Å². The van der Waals surface area contributed by atoms with Crippen LogP contribution in [0.3, 0.4) is 0 Å². The minimum atomic E-state index is -0.0155. The van der Waals surface area contributed by atoms with Gasteiger partial charge in [-0.15, -0.1) is 11.3 Å². The number of carbonyl (C=O) groups is 1. The topological polar surface area (TPSA) is 71.2 Å². The molecule has 1 fully saturated rings. The van der Waals surface area contributed by atoms with Gasteiger partial charge >= 0.3 is 0 Å². The molecule has 5 nitrogen and oxygen atoms in total. The predicted molar refractivity (Wildman–Crippen MR) is 77.1 cm³/mol. The monoisotopic (exact) mass is 282 g/mol. The van der Waals surface area contributed by atoms with Crippen molar-refractivity contribution in [3.63, 3.8) is 0 Å². The van der Waals surface area contributed by atoms with Gasteiger partial charge in [0.15, 0.2) is 0 Å². The van der Waals surface area contributed by atoms with E-state index in [0.717, 1.165) is 36.6 Å². The molecule has 0 radical (unpaired) electrons. The van der Waals surface area contributed by atoms with Crippen LogP contribution in [0.15, 0.2) is 5.38 Å². The van der Waals surface area contributed by atoms with Gasteiger partial charge < -0.3 is 11.1 Å². The Morgan fingerprint density at radius 2 is 2.32 bits per heavy atom. The van der Waals surface area contributed by atoms with Crippen LogP contribution in [0.5, 0.6) is 0 Å². The maximum Gasteiger partial charge on any atom is 0.234 e. The zero-order chi connectivity index (χ0) is 13.8. The normalized spacial score (nSPS) is 19.3. The molecule has 2 rings (SSSR count). The number of piperidine rings is 1. The number of thiazole rings is 1. The average molecular weight is 282 g/mol. The Morgan fingerprint density at radius 1 is 1.63 bits per heavy atom. The van der Waals surface area contributed by atoms with Gasteiger partial charge in [0.25, 0.3) is 0 Å². The Bertz CT molecular complexity index is 426. The first-order chi connectivity index (χ1) is 9.04. The van der Waals surface area contributed by atoms with Crippen LogP contribution < -0.4 is 11.1 Å². The molecule has 106 valence electrons. The summed E-state index contributed by atoms with van der Waals surface area (Å²) in [7, 11) is 0. The summed E-state index contributed by atoms with van der Waals surface area (Å²) in [4.78, 5) is 18.5. The van der Waals surface area contributed by atoms with Crippen LogP contribution in [0.1, 0.15) is 36.5 Å². The fourth-order valence-corrected chi connectivity index (χ4v) is 3.04. The fourth-order valence-electron chi connectivity index (χ4n) is 2.23. The third kappa shape index (κ3) is 4.26. The van der Waals surface area contributed by atoms with Crippen molar-refractivity contribution in [2.75, 3.05) is 19.6 Å². The third-order valence-electron chi connectivity index (χ3n) is 3.38. The molecule has 0 spiro atoms. The van der Waals surface area contributed by atoms with E-state index in [0.29, 0.717) is 12.6 Å². The zero-order valence-electron chi connectivity index (χ0n) is 11.6. The molecule has 1 unspecified atom stereocenters. The number of hydrogen-bond donors (Lipinski definition) is 2. The summed E-state index contributed by atoms with van der Waals surface area (Å²) in [5.41, 5.74) is 6.86. The summed E-state index contributed by atoms with van der Waals surface area (Å²) in [5.74, 6) is 0.0656. The van der Waals surface area contributed by atoms with Crippen LogP contribution in [-0.4, -0.2) is 41.5 Å². The maximum absolute atomic E-state index is 12.0. The number of aryl methyl sites for hydroxylation is 1. The minimum Gasteiger partial charge on any atom is -0.346 e. The minimum absolute atomic E-state index is 0.0155. The van der Waals surface area contributed by atoms with Crippen molar-refractivity contribution in [2.24, 2.45) is 5.73 Å². The molecule has 0 bridgehead atoms. The van der Waals surface area contributed by atoms with E-state index in [1.165, 1.54) is 0 Å². The molecule has 1 atom stereocenters. The highest BCUT2D eigenvalue weighted by Crippen LogP contribution is 2.17. The van der Waals surface area contributed by atoms with Crippen LogP contribution >= 0.6 is 11.3 Å². The van der Waals surface area contributed by atoms with E-state index in [1.54, 1.807) is 11.3 Å². The van der Waals surface area contributed by atoms with Crippen molar-refractivity contribution < 1.29 is 4.79 Å². The molecular weight excluding hydrogens is 260 g/mol. The van der Waals surface area contributed by atoms with Gasteiger partial charge in [-0.05, 0) is 26.7 Å². The van der Waals surface area contributed by atoms with Crippen LogP contribution in [0.25, 0.3) is 0 Å². The molecule has 0 saturated carbocycles. The smallest absolute Gasteiger partial charge is 0.234 e. The first-order valence-electron chi connectivity index (χ1n) is 6.74. The lowest BCUT2D eigenvalue weighted by Crippen LogP contribution is -2.44. The third-order valence-corrected chi connectivity index (χ3v) is 4.53. The standard InChI is InChI=1S/C13H22N4OS/c1-9-8-19-13(15-9)10(2)16-12(18)7-17-5-3-11(14)4-6-17/h8,10-11H,3-7,14H2,1-2H3,(H,16,18). The quantitative estimate of drug-likeness (QED) is 0.866. The van der Waals surface area contributed by atoms with E-state index in [1.807, 2.05) is 19.2 Å². The van der Waals surface area contributed by atoms with E-state index in [2.05, 4.69) is 15.2 Å². The van der Waals surface area contributed by atoms with E-state index in [4.69, 9.17) is 5.73 Å². The number of nitrogens with two attached hydrogens (primary N) is 1. The van der Waals surface area contributed by atoms with Crippen molar-refractivity contribution in [1.82, 2.24) is 15.2 Å². The number of aromatic nitrogens is 1. The average Bonchev–Trinajstić information content (AvgIpc) is 2.79. The largest absolute Gasteiger partial charge is 0.346 e. The summed E-state index contributed by atoms with van der Waals surface area (Å²) < 4.78 is 0. The van der Waals surface area contributed by atoms with Crippen LogP contribution in [-0.2, 0) is 4.79 Å². The number of carbonyl (C=O) groups excluding carboxylic acids is 1. The summed E-state index contributed by atoms with van der Waals surface area (Å²) in [6.45, 7) is 6.23. The molecule has 6 heteroatoms. The van der Waals surface area contributed by atoms with Gasteiger partial charge in [-0.3, -0.25) is 9.69 Å². The molecule has 2 heterocycles. The second kappa shape index (κ2) is 6.45. The van der Waals surface area contributed by atoms with Crippen molar-refractivity contribution in [3.05, 3.63) is 16.1 Å². The molecule has 1 aromatic heterocycles. The first-order valence-corrected chi connectivity index (χ1v) is 7.62. The van der Waals surface area contributed by atoms with E-state index < -0.39 is 0 Å². The first kappa shape index (κ1) is 14.4. The lowest BCUT2D eigenvalue weighted by molar-refractivity contribution is -0.123. The number of hydrogen-bond acceptors (Lipinski definition) is 5. The Morgan fingerprint density at radius 3 is 2.89 bits per heavy atom. The number of likely N-dealkylation sites (tertiary alicyclic amines) is 1. The summed E-state index contributed by atoms with van der Waals surface area (Å²) in [6, 6.07) is 0.287. The van der Waals surface area contributed by atoms with E-state index in [9.17, 15) is 4.79 Å². The van der Waals surface area contributed by atoms with Crippen LogP contribution in [0, 0.1) is 6.92 Å². The predicted octanol–water partition coefficient (Wildman–Crippen LogP) is 1.05. The Labute approximate surface area is 118 Å². The van der Waals surface area contributed by atoms with Gasteiger partial charge in [-0.2, -0.15) is 0 Å². The Hall–Kier alpha value is -0.980. The molecule has 1 aromatic rings. The molecule has 1 amide bonds. The van der Waals surface area contributed by atoms with Gasteiger partial charge in [0.05, 0.1) is 12.6 Å². The molecule has 3 N–H and O–H groups in total. The number of amides is 1. The van der Waals surface area contributed by atoms with Gasteiger partial charge in [-0.1, -0.05) is 0 Å². The number of rotatable bonds is 4. The van der Waals surface area contributed by atoms with Gasteiger partial charge in [0.1, 0.15) is 5.01 Å². The van der Waals surface area contributed by atoms with Gasteiger partial charge in [-0.25, -0.2) is 4.98 Å².